The monoisotopic (exact) mass is 542 g/mol. The molecular formula is C40H34N2. The lowest BCUT2D eigenvalue weighted by Crippen LogP contribution is -2.16. The standard InChI is InChI=1S/C40H34N2/c1-4-32(42-38-25-15-13-23-36(38)37-24-14-16-26-39(37)42)28-27-30(2)29-40(35-22-12-11-17-31(35)3)41(33-18-7-5-8-19-33)34-20-9-6-10-21-34/h4-29H,2H2,1,3H3/b28-27-,32-4+,40-29+. The Kier molecular flexibility index (Phi) is 7.70. The van der Waals surface area contributed by atoms with E-state index < -0.39 is 0 Å². The predicted molar refractivity (Wildman–Crippen MR) is 182 cm³/mol. The van der Waals surface area contributed by atoms with E-state index in [2.05, 4.69) is 188 Å². The molecule has 0 atom stereocenters. The van der Waals surface area contributed by atoms with E-state index in [1.54, 1.807) is 0 Å². The van der Waals surface area contributed by atoms with Crippen LogP contribution >= 0.6 is 0 Å². The molecule has 6 rings (SSSR count). The molecule has 0 fully saturated rings. The lowest BCUT2D eigenvalue weighted by Gasteiger charge is -2.29. The maximum atomic E-state index is 4.51. The average Bonchev–Trinajstić information content (AvgIpc) is 3.37. The zero-order valence-electron chi connectivity index (χ0n) is 24.1. The van der Waals surface area contributed by atoms with Gasteiger partial charge in [0, 0.05) is 33.4 Å². The minimum absolute atomic E-state index is 0.908. The second-order valence-electron chi connectivity index (χ2n) is 10.3. The van der Waals surface area contributed by atoms with Gasteiger partial charge in [0.15, 0.2) is 0 Å². The van der Waals surface area contributed by atoms with Crippen molar-refractivity contribution >= 4 is 44.6 Å². The molecule has 1 aromatic heterocycles. The number of para-hydroxylation sites is 4. The highest BCUT2D eigenvalue weighted by molar-refractivity contribution is 6.10. The number of fused-ring (bicyclic) bond motifs is 3. The Balaban J connectivity index is 1.46. The van der Waals surface area contributed by atoms with Crippen LogP contribution in [0.3, 0.4) is 0 Å². The molecule has 0 aliphatic heterocycles. The van der Waals surface area contributed by atoms with Gasteiger partial charge in [0.1, 0.15) is 0 Å². The smallest absolute Gasteiger partial charge is 0.0542 e. The highest BCUT2D eigenvalue weighted by Gasteiger charge is 2.18. The van der Waals surface area contributed by atoms with E-state index >= 15 is 0 Å². The molecule has 0 spiro atoms. The minimum atomic E-state index is 0.908. The number of hydrogen-bond donors (Lipinski definition) is 0. The van der Waals surface area contributed by atoms with Crippen molar-refractivity contribution in [2.75, 3.05) is 4.90 Å². The van der Waals surface area contributed by atoms with Gasteiger partial charge >= 0.3 is 0 Å². The van der Waals surface area contributed by atoms with Gasteiger partial charge in [-0.25, -0.2) is 0 Å². The van der Waals surface area contributed by atoms with E-state index in [4.69, 9.17) is 0 Å². The van der Waals surface area contributed by atoms with Gasteiger partial charge in [0.25, 0.3) is 0 Å². The van der Waals surface area contributed by atoms with Crippen molar-refractivity contribution in [1.29, 1.82) is 0 Å². The van der Waals surface area contributed by atoms with Crippen LogP contribution < -0.4 is 4.90 Å². The normalized spacial score (nSPS) is 12.3. The molecule has 0 saturated heterocycles. The zero-order chi connectivity index (χ0) is 28.9. The Morgan fingerprint density at radius 2 is 1.12 bits per heavy atom. The summed E-state index contributed by atoms with van der Waals surface area (Å²) in [6.45, 7) is 8.76. The summed E-state index contributed by atoms with van der Waals surface area (Å²) in [7, 11) is 0. The molecule has 0 radical (unpaired) electrons. The van der Waals surface area contributed by atoms with Gasteiger partial charge in [-0.1, -0.05) is 116 Å². The number of aromatic nitrogens is 1. The van der Waals surface area contributed by atoms with Crippen molar-refractivity contribution < 1.29 is 0 Å². The quantitative estimate of drug-likeness (QED) is 0.174. The van der Waals surface area contributed by atoms with Crippen molar-refractivity contribution in [2.45, 2.75) is 13.8 Å². The van der Waals surface area contributed by atoms with E-state index in [1.807, 2.05) is 0 Å². The van der Waals surface area contributed by atoms with Crippen LogP contribution in [0, 0.1) is 6.92 Å². The summed E-state index contributed by atoms with van der Waals surface area (Å²) >= 11 is 0. The van der Waals surface area contributed by atoms with Crippen molar-refractivity contribution in [3.05, 3.63) is 181 Å². The number of nitrogens with zero attached hydrogens (tertiary/aromatic N) is 2. The van der Waals surface area contributed by atoms with Crippen molar-refractivity contribution in [3.8, 4) is 0 Å². The number of anilines is 2. The molecule has 204 valence electrons. The minimum Gasteiger partial charge on any atom is -0.310 e. The number of allylic oxidation sites excluding steroid dienone is 6. The van der Waals surface area contributed by atoms with Crippen LogP contribution in [-0.2, 0) is 0 Å². The first-order valence-corrected chi connectivity index (χ1v) is 14.4. The number of benzene rings is 5. The van der Waals surface area contributed by atoms with E-state index in [0.717, 1.165) is 33.9 Å². The fraction of sp³-hybridized carbons (Fsp3) is 0.0500. The Morgan fingerprint density at radius 3 is 1.67 bits per heavy atom. The number of aryl methyl sites for hydroxylation is 1. The van der Waals surface area contributed by atoms with Crippen molar-refractivity contribution in [3.63, 3.8) is 0 Å². The first-order chi connectivity index (χ1) is 20.7. The summed E-state index contributed by atoms with van der Waals surface area (Å²) in [4.78, 5) is 2.31. The maximum absolute atomic E-state index is 4.51. The fourth-order valence-corrected chi connectivity index (χ4v) is 5.62. The molecule has 42 heavy (non-hydrogen) atoms. The molecule has 0 unspecified atom stereocenters. The van der Waals surface area contributed by atoms with Crippen LogP contribution in [-0.4, -0.2) is 4.57 Å². The highest BCUT2D eigenvalue weighted by Crippen LogP contribution is 2.37. The van der Waals surface area contributed by atoms with Crippen LogP contribution in [0.2, 0.25) is 0 Å². The highest BCUT2D eigenvalue weighted by atomic mass is 15.1. The van der Waals surface area contributed by atoms with E-state index in [9.17, 15) is 0 Å². The van der Waals surface area contributed by atoms with Crippen LogP contribution in [0.5, 0.6) is 0 Å². The van der Waals surface area contributed by atoms with Gasteiger partial charge in [-0.05, 0) is 73.5 Å². The van der Waals surface area contributed by atoms with E-state index in [1.165, 1.54) is 27.4 Å². The Morgan fingerprint density at radius 1 is 0.619 bits per heavy atom. The summed E-state index contributed by atoms with van der Waals surface area (Å²) in [5.41, 5.74) is 10.0. The third-order valence-electron chi connectivity index (χ3n) is 7.62. The zero-order valence-corrected chi connectivity index (χ0v) is 24.1. The van der Waals surface area contributed by atoms with Gasteiger partial charge in [0.05, 0.1) is 16.7 Å². The van der Waals surface area contributed by atoms with E-state index in [-0.39, 0.29) is 0 Å². The molecule has 5 aromatic carbocycles. The maximum Gasteiger partial charge on any atom is 0.0542 e. The topological polar surface area (TPSA) is 8.17 Å². The Hall–Kier alpha value is -5.34. The molecule has 6 aromatic rings. The number of rotatable bonds is 8. The van der Waals surface area contributed by atoms with Gasteiger partial charge in [-0.15, -0.1) is 0 Å². The third kappa shape index (κ3) is 5.23. The molecule has 2 heteroatoms. The molecule has 0 aliphatic carbocycles. The molecular weight excluding hydrogens is 508 g/mol. The average molecular weight is 543 g/mol. The summed E-state index contributed by atoms with van der Waals surface area (Å²) in [6.07, 6.45) is 8.64. The van der Waals surface area contributed by atoms with Gasteiger partial charge < -0.3 is 9.47 Å². The lowest BCUT2D eigenvalue weighted by atomic mass is 10.0. The summed E-state index contributed by atoms with van der Waals surface area (Å²) in [5.74, 6) is 0. The summed E-state index contributed by atoms with van der Waals surface area (Å²) in [6, 6.07) is 46.8. The summed E-state index contributed by atoms with van der Waals surface area (Å²) in [5, 5.41) is 2.51. The van der Waals surface area contributed by atoms with Gasteiger partial charge in [0.2, 0.25) is 0 Å². The van der Waals surface area contributed by atoms with Crippen LogP contribution in [0.4, 0.5) is 11.4 Å². The third-order valence-corrected chi connectivity index (χ3v) is 7.62. The Labute approximate surface area is 248 Å². The predicted octanol–water partition coefficient (Wildman–Crippen LogP) is 11.0. The second-order valence-corrected chi connectivity index (χ2v) is 10.3. The molecule has 1 heterocycles. The lowest BCUT2D eigenvalue weighted by molar-refractivity contribution is 1.23. The molecule has 2 nitrogen and oxygen atoms in total. The molecule has 0 bridgehead atoms. The van der Waals surface area contributed by atoms with E-state index in [0.29, 0.717) is 0 Å². The molecule has 0 saturated carbocycles. The summed E-state index contributed by atoms with van der Waals surface area (Å²) < 4.78 is 2.33. The van der Waals surface area contributed by atoms with Crippen LogP contribution in [0.1, 0.15) is 18.1 Å². The molecule has 0 aliphatic rings. The number of hydrogen-bond acceptors (Lipinski definition) is 1. The second kappa shape index (κ2) is 12.0. The van der Waals surface area contributed by atoms with Gasteiger partial charge in [-0.3, -0.25) is 0 Å². The molecule has 0 amide bonds. The Bertz CT molecular complexity index is 1860. The largest absolute Gasteiger partial charge is 0.310 e. The fourth-order valence-electron chi connectivity index (χ4n) is 5.62. The first kappa shape index (κ1) is 26.9. The van der Waals surface area contributed by atoms with Crippen LogP contribution in [0.15, 0.2) is 170 Å². The molecule has 0 N–H and O–H groups in total. The van der Waals surface area contributed by atoms with Gasteiger partial charge in [-0.2, -0.15) is 0 Å². The van der Waals surface area contributed by atoms with Crippen molar-refractivity contribution in [1.82, 2.24) is 4.57 Å². The first-order valence-electron chi connectivity index (χ1n) is 14.4. The van der Waals surface area contributed by atoms with Crippen molar-refractivity contribution in [2.24, 2.45) is 0 Å². The SMILES string of the molecule is C=C(/C=C\C(=C/C)n1c2ccccc2c2ccccc21)/C=C(\c1ccccc1C)N(c1ccccc1)c1ccccc1. The van der Waals surface area contributed by atoms with Crippen LogP contribution in [0.25, 0.3) is 33.2 Å².